The van der Waals surface area contributed by atoms with Crippen molar-refractivity contribution in [2.24, 2.45) is 0 Å². The molecule has 2 aromatic rings. The summed E-state index contributed by atoms with van der Waals surface area (Å²) in [4.78, 5) is 12.1. The number of aryl methyl sites for hydroxylation is 2. The molecule has 1 aliphatic rings. The van der Waals surface area contributed by atoms with Gasteiger partial charge in [-0.1, -0.05) is 17.7 Å². The SMILES string of the molecule is Cc1ccc(NC(=O)/C=C/c2c(C)nn([C@H]3CCS(=O)(=O)C3)c2Cl)c(O)c1. The summed E-state index contributed by atoms with van der Waals surface area (Å²) in [5.41, 5.74) is 2.35. The smallest absolute Gasteiger partial charge is 0.248 e. The molecule has 2 N–H and O–H groups in total. The lowest BCUT2D eigenvalue weighted by Crippen LogP contribution is -2.12. The van der Waals surface area contributed by atoms with E-state index in [4.69, 9.17) is 11.6 Å². The number of carbonyl (C=O) groups excluding carboxylic acids is 1. The highest BCUT2D eigenvalue weighted by Gasteiger charge is 2.31. The Morgan fingerprint density at radius 1 is 1.41 bits per heavy atom. The van der Waals surface area contributed by atoms with Crippen molar-refractivity contribution in [1.29, 1.82) is 0 Å². The standard InChI is InChI=1S/C18H20ClN3O4S/c1-11-3-5-15(16(23)9-11)20-17(24)6-4-14-12(2)21-22(18(14)19)13-7-8-27(25,26)10-13/h3-6,9,13,23H,7-8,10H2,1-2H3,(H,20,24)/b6-4+/t13-/m0/s1. The maximum Gasteiger partial charge on any atom is 0.248 e. The Labute approximate surface area is 162 Å². The molecule has 144 valence electrons. The molecule has 1 saturated heterocycles. The molecular weight excluding hydrogens is 390 g/mol. The number of phenols is 1. The maximum absolute atomic E-state index is 12.1. The van der Waals surface area contributed by atoms with Gasteiger partial charge in [0.05, 0.1) is 28.9 Å². The summed E-state index contributed by atoms with van der Waals surface area (Å²) in [7, 11) is -3.06. The first-order valence-corrected chi connectivity index (χ1v) is 10.6. The van der Waals surface area contributed by atoms with E-state index in [0.717, 1.165) is 5.56 Å². The zero-order chi connectivity index (χ0) is 19.8. The molecule has 1 aromatic carbocycles. The molecule has 0 spiro atoms. The molecule has 1 fully saturated rings. The van der Waals surface area contributed by atoms with Gasteiger partial charge >= 0.3 is 0 Å². The average Bonchev–Trinajstić information content (AvgIpc) is 3.07. The molecular formula is C18H20ClN3O4S. The number of anilines is 1. The highest BCUT2D eigenvalue weighted by molar-refractivity contribution is 7.91. The van der Waals surface area contributed by atoms with Gasteiger partial charge in [0.15, 0.2) is 9.84 Å². The Bertz CT molecular complexity index is 1030. The summed E-state index contributed by atoms with van der Waals surface area (Å²) in [5.74, 6) is -0.299. The summed E-state index contributed by atoms with van der Waals surface area (Å²) in [6.07, 6.45) is 3.30. The second-order valence-corrected chi connectivity index (χ2v) is 9.22. The van der Waals surface area contributed by atoms with Crippen molar-refractivity contribution in [1.82, 2.24) is 9.78 Å². The molecule has 2 heterocycles. The lowest BCUT2D eigenvalue weighted by molar-refractivity contribution is -0.111. The molecule has 0 radical (unpaired) electrons. The van der Waals surface area contributed by atoms with Gasteiger partial charge in [-0.05, 0) is 44.0 Å². The zero-order valence-electron chi connectivity index (χ0n) is 14.9. The predicted molar refractivity (Wildman–Crippen MR) is 105 cm³/mol. The van der Waals surface area contributed by atoms with Gasteiger partial charge in [0.25, 0.3) is 0 Å². The van der Waals surface area contributed by atoms with Crippen LogP contribution >= 0.6 is 11.6 Å². The number of hydrogen-bond donors (Lipinski definition) is 2. The fourth-order valence-electron chi connectivity index (χ4n) is 3.01. The van der Waals surface area contributed by atoms with Crippen molar-refractivity contribution in [3.05, 3.63) is 46.2 Å². The van der Waals surface area contributed by atoms with Crippen LogP contribution in [-0.4, -0.2) is 40.7 Å². The zero-order valence-corrected chi connectivity index (χ0v) is 16.5. The number of nitrogens with zero attached hydrogens (tertiary/aromatic N) is 2. The number of amides is 1. The van der Waals surface area contributed by atoms with Crippen LogP contribution in [0.3, 0.4) is 0 Å². The van der Waals surface area contributed by atoms with E-state index in [1.807, 2.05) is 6.92 Å². The van der Waals surface area contributed by atoms with Crippen LogP contribution in [0.2, 0.25) is 5.15 Å². The Morgan fingerprint density at radius 2 is 2.15 bits per heavy atom. The number of aromatic hydroxyl groups is 1. The van der Waals surface area contributed by atoms with Crippen LogP contribution in [0.5, 0.6) is 5.75 Å². The molecule has 1 aliphatic heterocycles. The van der Waals surface area contributed by atoms with Gasteiger partial charge in [0.1, 0.15) is 10.9 Å². The topological polar surface area (TPSA) is 101 Å². The lowest BCUT2D eigenvalue weighted by atomic mass is 10.2. The van der Waals surface area contributed by atoms with Crippen LogP contribution in [0.25, 0.3) is 6.08 Å². The van der Waals surface area contributed by atoms with Crippen molar-refractivity contribution in [3.8, 4) is 5.75 Å². The number of halogens is 1. The quantitative estimate of drug-likeness (QED) is 0.597. The third kappa shape index (κ3) is 4.33. The molecule has 0 unspecified atom stereocenters. The van der Waals surface area contributed by atoms with Crippen LogP contribution in [0.1, 0.15) is 29.3 Å². The number of benzene rings is 1. The minimum atomic E-state index is -3.06. The number of carbonyl (C=O) groups is 1. The summed E-state index contributed by atoms with van der Waals surface area (Å²) < 4.78 is 24.9. The van der Waals surface area contributed by atoms with Crippen LogP contribution in [-0.2, 0) is 14.6 Å². The molecule has 0 aliphatic carbocycles. The van der Waals surface area contributed by atoms with Crippen molar-refractivity contribution in [2.45, 2.75) is 26.3 Å². The van der Waals surface area contributed by atoms with E-state index in [1.165, 1.54) is 16.8 Å². The second kappa shape index (κ2) is 7.36. The normalized spacial score (nSPS) is 18.9. The van der Waals surface area contributed by atoms with E-state index in [0.29, 0.717) is 28.5 Å². The number of rotatable bonds is 4. The molecule has 3 rings (SSSR count). The van der Waals surface area contributed by atoms with Crippen molar-refractivity contribution >= 4 is 39.1 Å². The molecule has 27 heavy (non-hydrogen) atoms. The van der Waals surface area contributed by atoms with E-state index in [1.54, 1.807) is 25.1 Å². The second-order valence-electron chi connectivity index (χ2n) is 6.63. The van der Waals surface area contributed by atoms with Crippen LogP contribution in [0.15, 0.2) is 24.3 Å². The molecule has 1 atom stereocenters. The minimum Gasteiger partial charge on any atom is -0.506 e. The highest BCUT2D eigenvalue weighted by Crippen LogP contribution is 2.30. The van der Waals surface area contributed by atoms with Gasteiger partial charge < -0.3 is 10.4 Å². The fraction of sp³-hybridized carbons (Fsp3) is 0.333. The first-order valence-electron chi connectivity index (χ1n) is 8.40. The van der Waals surface area contributed by atoms with Crippen LogP contribution in [0.4, 0.5) is 5.69 Å². The van der Waals surface area contributed by atoms with Crippen LogP contribution in [0, 0.1) is 13.8 Å². The number of sulfone groups is 1. The first-order chi connectivity index (χ1) is 12.7. The average molecular weight is 410 g/mol. The summed E-state index contributed by atoms with van der Waals surface area (Å²) >= 11 is 6.37. The molecule has 0 bridgehead atoms. The van der Waals surface area contributed by atoms with Crippen LogP contribution < -0.4 is 5.32 Å². The Hall–Kier alpha value is -2.32. The molecule has 9 heteroatoms. The third-order valence-electron chi connectivity index (χ3n) is 4.44. The van der Waals surface area contributed by atoms with E-state index < -0.39 is 15.7 Å². The number of phenolic OH excluding ortho intramolecular Hbond substituents is 1. The van der Waals surface area contributed by atoms with Crippen molar-refractivity contribution in [2.75, 3.05) is 16.8 Å². The van der Waals surface area contributed by atoms with E-state index in [-0.39, 0.29) is 23.3 Å². The van der Waals surface area contributed by atoms with Gasteiger partial charge in [0.2, 0.25) is 5.91 Å². The van der Waals surface area contributed by atoms with Crippen molar-refractivity contribution in [3.63, 3.8) is 0 Å². The van der Waals surface area contributed by atoms with E-state index in [9.17, 15) is 18.3 Å². The third-order valence-corrected chi connectivity index (χ3v) is 6.56. The van der Waals surface area contributed by atoms with Gasteiger partial charge in [0, 0.05) is 11.6 Å². The summed E-state index contributed by atoms with van der Waals surface area (Å²) in [6, 6.07) is 4.66. The van der Waals surface area contributed by atoms with E-state index in [2.05, 4.69) is 10.4 Å². The van der Waals surface area contributed by atoms with Gasteiger partial charge in [-0.2, -0.15) is 5.10 Å². The van der Waals surface area contributed by atoms with Crippen molar-refractivity contribution < 1.29 is 18.3 Å². The molecule has 1 aromatic heterocycles. The Kier molecular flexibility index (Phi) is 5.30. The number of hydrogen-bond acceptors (Lipinski definition) is 5. The fourth-order valence-corrected chi connectivity index (χ4v) is 5.08. The van der Waals surface area contributed by atoms with Gasteiger partial charge in [-0.15, -0.1) is 0 Å². The monoisotopic (exact) mass is 409 g/mol. The predicted octanol–water partition coefficient (Wildman–Crippen LogP) is 2.87. The first kappa shape index (κ1) is 19.4. The maximum atomic E-state index is 12.1. The van der Waals surface area contributed by atoms with E-state index >= 15 is 0 Å². The number of aromatic nitrogens is 2. The molecule has 0 saturated carbocycles. The minimum absolute atomic E-state index is 0.0128. The number of nitrogens with one attached hydrogen (secondary N) is 1. The van der Waals surface area contributed by atoms with Gasteiger partial charge in [-0.3, -0.25) is 4.79 Å². The largest absolute Gasteiger partial charge is 0.506 e. The van der Waals surface area contributed by atoms with Gasteiger partial charge in [-0.25, -0.2) is 13.1 Å². The Morgan fingerprint density at radius 3 is 2.78 bits per heavy atom. The molecule has 7 nitrogen and oxygen atoms in total. The highest BCUT2D eigenvalue weighted by atomic mass is 35.5. The Balaban J connectivity index is 1.76. The summed E-state index contributed by atoms with van der Waals surface area (Å²) in [5, 5.41) is 17.1. The lowest BCUT2D eigenvalue weighted by Gasteiger charge is -2.09. The summed E-state index contributed by atoms with van der Waals surface area (Å²) in [6.45, 7) is 3.58. The molecule has 1 amide bonds.